The number of nitrogens with zero attached hydrogens (tertiary/aromatic N) is 2. The van der Waals surface area contributed by atoms with Crippen LogP contribution in [0.3, 0.4) is 0 Å². The number of aliphatic imine (C=N–C) groups is 1. The van der Waals surface area contributed by atoms with Gasteiger partial charge >= 0.3 is 0 Å². The first kappa shape index (κ1) is 21.9. The van der Waals surface area contributed by atoms with E-state index >= 15 is 0 Å². The van der Waals surface area contributed by atoms with E-state index in [1.807, 2.05) is 42.5 Å². The molecule has 0 spiro atoms. The molecule has 0 radical (unpaired) electrons. The summed E-state index contributed by atoms with van der Waals surface area (Å²) in [6, 6.07) is 23.2. The van der Waals surface area contributed by atoms with Crippen molar-refractivity contribution >= 4 is 28.2 Å². The minimum absolute atomic E-state index is 0.000872. The molecular formula is C28H28N4O2. The number of likely N-dealkylation sites (tertiary alicyclic amines) is 1. The molecule has 0 bridgehead atoms. The summed E-state index contributed by atoms with van der Waals surface area (Å²) >= 11 is 0. The average Bonchev–Trinajstić information content (AvgIpc) is 3.19. The number of aromatic hydroxyl groups is 1. The lowest BCUT2D eigenvalue weighted by atomic mass is 10.00. The van der Waals surface area contributed by atoms with Gasteiger partial charge in [0, 0.05) is 28.6 Å². The topological polar surface area (TPSA) is 94.7 Å². The number of rotatable bonds is 6. The maximum Gasteiger partial charge on any atom is 0.248 e. The van der Waals surface area contributed by atoms with E-state index in [1.54, 1.807) is 18.2 Å². The molecule has 0 saturated carbocycles. The number of hydrogen-bond acceptors (Lipinski definition) is 4. The van der Waals surface area contributed by atoms with E-state index in [0.29, 0.717) is 22.4 Å². The van der Waals surface area contributed by atoms with Crippen molar-refractivity contribution in [3.05, 3.63) is 95.1 Å². The van der Waals surface area contributed by atoms with E-state index in [0.717, 1.165) is 36.3 Å². The van der Waals surface area contributed by atoms with Crippen molar-refractivity contribution in [1.29, 1.82) is 0 Å². The molecule has 2 heterocycles. The van der Waals surface area contributed by atoms with Crippen molar-refractivity contribution in [3.63, 3.8) is 0 Å². The maximum absolute atomic E-state index is 11.6. The predicted octanol–water partition coefficient (Wildman–Crippen LogP) is 5.13. The van der Waals surface area contributed by atoms with E-state index in [9.17, 15) is 9.90 Å². The smallest absolute Gasteiger partial charge is 0.248 e. The number of nitrogens with two attached hydrogens (primary N) is 1. The summed E-state index contributed by atoms with van der Waals surface area (Å²) in [4.78, 5) is 22.0. The Kier molecular flexibility index (Phi) is 6.14. The minimum Gasteiger partial charge on any atom is -0.494 e. The SMILES string of the molecule is NC(=O)c1ccc2c(C(=Nc3ccc(CN4CCCCC4)cc3)c3ccccc3)c(O)[nH]c2c1. The molecule has 34 heavy (non-hydrogen) atoms. The monoisotopic (exact) mass is 452 g/mol. The van der Waals surface area contributed by atoms with Crippen LogP contribution in [-0.2, 0) is 6.54 Å². The number of H-pyrrole nitrogens is 1. The summed E-state index contributed by atoms with van der Waals surface area (Å²) in [5, 5.41) is 11.6. The highest BCUT2D eigenvalue weighted by Crippen LogP contribution is 2.32. The largest absolute Gasteiger partial charge is 0.494 e. The number of aromatic amines is 1. The minimum atomic E-state index is -0.515. The van der Waals surface area contributed by atoms with Gasteiger partial charge in [-0.3, -0.25) is 9.69 Å². The Bertz CT molecular complexity index is 1330. The fourth-order valence-electron chi connectivity index (χ4n) is 4.62. The first-order valence-corrected chi connectivity index (χ1v) is 11.7. The lowest BCUT2D eigenvalue weighted by Gasteiger charge is -2.26. The third kappa shape index (κ3) is 4.58. The summed E-state index contributed by atoms with van der Waals surface area (Å²) in [5.41, 5.74) is 10.7. The van der Waals surface area contributed by atoms with Gasteiger partial charge in [0.25, 0.3) is 0 Å². The molecule has 1 amide bonds. The summed E-state index contributed by atoms with van der Waals surface area (Å²) in [6.07, 6.45) is 3.88. The van der Waals surface area contributed by atoms with E-state index in [1.165, 1.54) is 24.8 Å². The third-order valence-electron chi connectivity index (χ3n) is 6.38. The van der Waals surface area contributed by atoms with Crippen molar-refractivity contribution in [2.24, 2.45) is 10.7 Å². The summed E-state index contributed by atoms with van der Waals surface area (Å²) in [5.74, 6) is -0.514. The number of fused-ring (bicyclic) bond motifs is 1. The molecule has 4 aromatic rings. The van der Waals surface area contributed by atoms with E-state index in [-0.39, 0.29) is 5.88 Å². The molecule has 4 N–H and O–H groups in total. The van der Waals surface area contributed by atoms with Crippen LogP contribution in [0.1, 0.15) is 46.3 Å². The molecule has 1 aliphatic rings. The van der Waals surface area contributed by atoms with Crippen LogP contribution < -0.4 is 5.73 Å². The van der Waals surface area contributed by atoms with Crippen molar-refractivity contribution in [2.75, 3.05) is 13.1 Å². The van der Waals surface area contributed by atoms with Gasteiger partial charge in [-0.1, -0.05) is 55.0 Å². The summed E-state index contributed by atoms with van der Waals surface area (Å²) in [6.45, 7) is 3.28. The Balaban J connectivity index is 1.54. The molecule has 3 aromatic carbocycles. The number of aromatic nitrogens is 1. The van der Waals surface area contributed by atoms with Crippen LogP contribution in [0.2, 0.25) is 0 Å². The number of amides is 1. The number of nitrogens with one attached hydrogen (secondary N) is 1. The number of primary amides is 1. The van der Waals surface area contributed by atoms with Gasteiger partial charge in [-0.25, -0.2) is 4.99 Å². The molecule has 0 unspecified atom stereocenters. The second kappa shape index (κ2) is 9.53. The lowest BCUT2D eigenvalue weighted by molar-refractivity contribution is 0.100. The van der Waals surface area contributed by atoms with Crippen LogP contribution in [0.25, 0.3) is 10.9 Å². The zero-order valence-electron chi connectivity index (χ0n) is 19.0. The second-order valence-corrected chi connectivity index (χ2v) is 8.80. The third-order valence-corrected chi connectivity index (χ3v) is 6.38. The Morgan fingerprint density at radius 1 is 0.941 bits per heavy atom. The first-order chi connectivity index (χ1) is 16.6. The predicted molar refractivity (Wildman–Crippen MR) is 136 cm³/mol. The Morgan fingerprint density at radius 2 is 1.68 bits per heavy atom. The van der Waals surface area contributed by atoms with Gasteiger partial charge in [-0.15, -0.1) is 0 Å². The van der Waals surface area contributed by atoms with E-state index < -0.39 is 5.91 Å². The van der Waals surface area contributed by atoms with Gasteiger partial charge < -0.3 is 15.8 Å². The number of carbonyl (C=O) groups excluding carboxylic acids is 1. The highest BCUT2D eigenvalue weighted by Gasteiger charge is 2.19. The van der Waals surface area contributed by atoms with Gasteiger partial charge in [-0.05, 0) is 55.8 Å². The molecule has 6 heteroatoms. The van der Waals surface area contributed by atoms with Crippen LogP contribution in [0.15, 0.2) is 77.8 Å². The Morgan fingerprint density at radius 3 is 2.38 bits per heavy atom. The number of hydrogen-bond donors (Lipinski definition) is 3. The average molecular weight is 453 g/mol. The molecule has 6 nitrogen and oxygen atoms in total. The molecule has 5 rings (SSSR count). The molecule has 0 aliphatic carbocycles. The van der Waals surface area contributed by atoms with Crippen molar-refractivity contribution in [3.8, 4) is 5.88 Å². The standard InChI is InChI=1S/C28H28N4O2/c29-27(33)21-11-14-23-24(17-21)31-28(34)25(23)26(20-7-3-1-4-8-20)30-22-12-9-19(10-13-22)18-32-15-5-2-6-16-32/h1,3-4,7-14,17,31,34H,2,5-6,15-16,18H2,(H2,29,33). The highest BCUT2D eigenvalue weighted by atomic mass is 16.3. The molecule has 172 valence electrons. The maximum atomic E-state index is 11.6. The van der Waals surface area contributed by atoms with Crippen molar-refractivity contribution < 1.29 is 9.90 Å². The van der Waals surface area contributed by atoms with Crippen molar-refractivity contribution in [2.45, 2.75) is 25.8 Å². The summed E-state index contributed by atoms with van der Waals surface area (Å²) < 4.78 is 0. The van der Waals surface area contributed by atoms with Gasteiger partial charge in [-0.2, -0.15) is 0 Å². The Labute approximate surface area is 198 Å². The fourth-order valence-corrected chi connectivity index (χ4v) is 4.62. The molecule has 1 fully saturated rings. The van der Waals surface area contributed by atoms with Gasteiger partial charge in [0.05, 0.1) is 17.0 Å². The number of carbonyl (C=O) groups is 1. The zero-order chi connectivity index (χ0) is 23.5. The van der Waals surface area contributed by atoms with E-state index in [4.69, 9.17) is 10.7 Å². The fraction of sp³-hybridized carbons (Fsp3) is 0.214. The van der Waals surface area contributed by atoms with Gasteiger partial charge in [0.2, 0.25) is 5.91 Å². The van der Waals surface area contributed by atoms with Gasteiger partial charge in [0.1, 0.15) is 0 Å². The normalized spacial score (nSPS) is 15.0. The van der Waals surface area contributed by atoms with Crippen LogP contribution in [0.5, 0.6) is 5.88 Å². The lowest BCUT2D eigenvalue weighted by Crippen LogP contribution is -2.28. The number of benzene rings is 3. The van der Waals surface area contributed by atoms with Crippen LogP contribution in [0.4, 0.5) is 5.69 Å². The zero-order valence-corrected chi connectivity index (χ0v) is 19.0. The van der Waals surface area contributed by atoms with Crippen LogP contribution in [-0.4, -0.2) is 39.7 Å². The molecule has 1 saturated heterocycles. The first-order valence-electron chi connectivity index (χ1n) is 11.7. The van der Waals surface area contributed by atoms with E-state index in [2.05, 4.69) is 22.0 Å². The number of piperidine rings is 1. The highest BCUT2D eigenvalue weighted by molar-refractivity contribution is 6.22. The van der Waals surface area contributed by atoms with Crippen LogP contribution >= 0.6 is 0 Å². The quantitative estimate of drug-likeness (QED) is 0.354. The summed E-state index contributed by atoms with van der Waals surface area (Å²) in [7, 11) is 0. The van der Waals surface area contributed by atoms with Crippen molar-refractivity contribution in [1.82, 2.24) is 9.88 Å². The van der Waals surface area contributed by atoms with Gasteiger partial charge in [0.15, 0.2) is 5.88 Å². The molecule has 0 atom stereocenters. The Hall–Kier alpha value is -3.90. The second-order valence-electron chi connectivity index (χ2n) is 8.80. The molecule has 1 aliphatic heterocycles. The molecular weight excluding hydrogens is 424 g/mol. The van der Waals surface area contributed by atoms with Crippen LogP contribution in [0, 0.1) is 0 Å². The molecule has 1 aromatic heterocycles.